The summed E-state index contributed by atoms with van der Waals surface area (Å²) in [7, 11) is 0. The van der Waals surface area contributed by atoms with Crippen molar-refractivity contribution in [1.29, 1.82) is 5.41 Å². The summed E-state index contributed by atoms with van der Waals surface area (Å²) in [4.78, 5) is 22.4. The van der Waals surface area contributed by atoms with Gasteiger partial charge >= 0.3 is 0 Å². The number of amides is 1. The third-order valence-corrected chi connectivity index (χ3v) is 5.69. The Bertz CT molecular complexity index is 1160. The van der Waals surface area contributed by atoms with Gasteiger partial charge in [0.1, 0.15) is 23.6 Å². The van der Waals surface area contributed by atoms with E-state index in [0.29, 0.717) is 29.4 Å². The Hall–Kier alpha value is -4.00. The Morgan fingerprint density at radius 2 is 2.09 bits per heavy atom. The van der Waals surface area contributed by atoms with Crippen molar-refractivity contribution < 1.29 is 9.53 Å². The second-order valence-electron chi connectivity index (χ2n) is 8.02. The van der Waals surface area contributed by atoms with E-state index in [2.05, 4.69) is 21.9 Å². The molecule has 4 rings (SSSR count). The van der Waals surface area contributed by atoms with Crippen molar-refractivity contribution in [3.05, 3.63) is 90.4 Å². The zero-order chi connectivity index (χ0) is 23.2. The van der Waals surface area contributed by atoms with Gasteiger partial charge in [0.2, 0.25) is 5.91 Å². The first kappa shape index (κ1) is 22.2. The maximum Gasteiger partial charge on any atom is 0.246 e. The number of aromatic nitrogens is 2. The minimum atomic E-state index is -0.0528. The molecule has 1 fully saturated rings. The molecule has 7 heteroatoms. The average Bonchev–Trinajstić information content (AvgIpc) is 3.31. The van der Waals surface area contributed by atoms with E-state index >= 15 is 0 Å². The van der Waals surface area contributed by atoms with E-state index in [9.17, 15) is 4.79 Å². The quantitative estimate of drug-likeness (QED) is 0.394. The molecule has 1 aliphatic rings. The summed E-state index contributed by atoms with van der Waals surface area (Å²) < 4.78 is 5.91. The van der Waals surface area contributed by atoms with Crippen LogP contribution in [0, 0.1) is 12.3 Å². The number of nitrogens with one attached hydrogen (secondary N) is 2. The topological polar surface area (TPSA) is 91.2 Å². The van der Waals surface area contributed by atoms with Crippen LogP contribution in [0.25, 0.3) is 0 Å². The lowest BCUT2D eigenvalue weighted by Gasteiger charge is -2.24. The molecule has 1 aromatic heterocycles. The van der Waals surface area contributed by atoms with Crippen molar-refractivity contribution in [2.45, 2.75) is 25.8 Å². The van der Waals surface area contributed by atoms with E-state index in [1.807, 2.05) is 60.4 Å². The molecule has 168 valence electrons. The van der Waals surface area contributed by atoms with Crippen LogP contribution in [0.5, 0.6) is 11.5 Å². The Kier molecular flexibility index (Phi) is 6.78. The number of nitrogens with zero attached hydrogens (tertiary/aromatic N) is 3. The Labute approximate surface area is 193 Å². The highest BCUT2D eigenvalue weighted by Crippen LogP contribution is 2.24. The van der Waals surface area contributed by atoms with Crippen LogP contribution in [-0.2, 0) is 4.79 Å². The minimum Gasteiger partial charge on any atom is -0.457 e. The fraction of sp³-hybridized carbons (Fsp3) is 0.231. The molecule has 0 bridgehead atoms. The van der Waals surface area contributed by atoms with Gasteiger partial charge in [-0.3, -0.25) is 10.2 Å². The third kappa shape index (κ3) is 5.26. The van der Waals surface area contributed by atoms with E-state index in [1.165, 1.54) is 12.4 Å². The van der Waals surface area contributed by atoms with Crippen molar-refractivity contribution in [2.24, 2.45) is 0 Å². The molecule has 1 saturated heterocycles. The predicted octanol–water partition coefficient (Wildman–Crippen LogP) is 4.58. The van der Waals surface area contributed by atoms with E-state index in [0.717, 1.165) is 36.3 Å². The molecule has 7 nitrogen and oxygen atoms in total. The summed E-state index contributed by atoms with van der Waals surface area (Å²) in [6.07, 6.45) is 6.34. The first-order chi connectivity index (χ1) is 16.0. The molecule has 0 radical (unpaired) electrons. The number of carbonyl (C=O) groups excluding carboxylic acids is 1. The zero-order valence-electron chi connectivity index (χ0n) is 18.6. The lowest BCUT2D eigenvalue weighted by Crippen LogP contribution is -2.38. The standard InChI is InChI=1S/C26H27N5O2/c1-3-24(32)31-13-5-7-20(31)15-29-26-23(16-28-17-30-26)25(27)19-9-11-21(12-10-19)33-22-8-4-6-18(2)14-22/h3-4,6,8-12,14,16-17,20,27H,1,5,7,13,15H2,2H3,(H,28,29,30)/t20-/m1/s1. The summed E-state index contributed by atoms with van der Waals surface area (Å²) in [6, 6.07) is 15.3. The second-order valence-corrected chi connectivity index (χ2v) is 8.02. The SMILES string of the molecule is C=CC(=O)N1CCC[C@@H]1CNc1ncncc1C(=N)c1ccc(Oc2cccc(C)c2)cc1. The number of hydrogen-bond donors (Lipinski definition) is 2. The van der Waals surface area contributed by atoms with Crippen molar-refractivity contribution in [3.63, 3.8) is 0 Å². The molecular formula is C26H27N5O2. The molecule has 2 aromatic carbocycles. The van der Waals surface area contributed by atoms with E-state index in [1.54, 1.807) is 6.20 Å². The number of ether oxygens (including phenoxy) is 1. The Morgan fingerprint density at radius 3 is 2.85 bits per heavy atom. The molecule has 33 heavy (non-hydrogen) atoms. The highest BCUT2D eigenvalue weighted by atomic mass is 16.5. The summed E-state index contributed by atoms with van der Waals surface area (Å²) >= 11 is 0. The van der Waals surface area contributed by atoms with Gasteiger partial charge in [0.25, 0.3) is 0 Å². The maximum absolute atomic E-state index is 12.1. The van der Waals surface area contributed by atoms with Gasteiger partial charge < -0.3 is 15.0 Å². The highest BCUT2D eigenvalue weighted by Gasteiger charge is 2.27. The molecule has 3 aromatic rings. The molecule has 0 spiro atoms. The zero-order valence-corrected chi connectivity index (χ0v) is 18.6. The largest absolute Gasteiger partial charge is 0.457 e. The van der Waals surface area contributed by atoms with Crippen molar-refractivity contribution in [2.75, 3.05) is 18.4 Å². The van der Waals surface area contributed by atoms with Crippen LogP contribution in [0.1, 0.15) is 29.5 Å². The molecule has 2 N–H and O–H groups in total. The van der Waals surface area contributed by atoms with E-state index in [-0.39, 0.29) is 11.9 Å². The normalized spacial score (nSPS) is 15.2. The number of likely N-dealkylation sites (tertiary alicyclic amines) is 1. The van der Waals surface area contributed by atoms with Crippen molar-refractivity contribution in [3.8, 4) is 11.5 Å². The molecule has 1 atom stereocenters. The lowest BCUT2D eigenvalue weighted by atomic mass is 10.0. The molecule has 0 saturated carbocycles. The molecule has 0 unspecified atom stereocenters. The van der Waals surface area contributed by atoms with Gasteiger partial charge in [0, 0.05) is 30.9 Å². The summed E-state index contributed by atoms with van der Waals surface area (Å²) in [5.74, 6) is 2.00. The average molecular weight is 442 g/mol. The van der Waals surface area contributed by atoms with Gasteiger partial charge in [-0.15, -0.1) is 0 Å². The van der Waals surface area contributed by atoms with Crippen molar-refractivity contribution >= 4 is 17.4 Å². The van der Waals surface area contributed by atoms with Gasteiger partial charge in [0.05, 0.1) is 11.3 Å². The lowest BCUT2D eigenvalue weighted by molar-refractivity contribution is -0.126. The first-order valence-corrected chi connectivity index (χ1v) is 11.0. The predicted molar refractivity (Wildman–Crippen MR) is 129 cm³/mol. The highest BCUT2D eigenvalue weighted by molar-refractivity contribution is 6.13. The summed E-state index contributed by atoms with van der Waals surface area (Å²) in [6.45, 7) is 6.91. The van der Waals surface area contributed by atoms with Crippen LogP contribution in [0.4, 0.5) is 5.82 Å². The number of hydrogen-bond acceptors (Lipinski definition) is 6. The van der Waals surface area contributed by atoms with Crippen LogP contribution >= 0.6 is 0 Å². The Balaban J connectivity index is 1.45. The number of rotatable bonds is 8. The van der Waals surface area contributed by atoms with Crippen LogP contribution in [0.15, 0.2) is 73.7 Å². The van der Waals surface area contributed by atoms with Gasteiger partial charge in [0.15, 0.2) is 0 Å². The van der Waals surface area contributed by atoms with Crippen molar-refractivity contribution in [1.82, 2.24) is 14.9 Å². The first-order valence-electron chi connectivity index (χ1n) is 11.0. The second kappa shape index (κ2) is 10.1. The third-order valence-electron chi connectivity index (χ3n) is 5.69. The molecule has 1 aliphatic heterocycles. The summed E-state index contributed by atoms with van der Waals surface area (Å²) in [5.41, 5.74) is 2.77. The monoisotopic (exact) mass is 441 g/mol. The van der Waals surface area contributed by atoms with Gasteiger partial charge in [-0.1, -0.05) is 18.7 Å². The maximum atomic E-state index is 12.1. The number of anilines is 1. The molecule has 2 heterocycles. The van der Waals surface area contributed by atoms with Crippen LogP contribution in [0.2, 0.25) is 0 Å². The van der Waals surface area contributed by atoms with Crippen LogP contribution < -0.4 is 10.1 Å². The Morgan fingerprint density at radius 1 is 1.27 bits per heavy atom. The van der Waals surface area contributed by atoms with Crippen LogP contribution in [0.3, 0.4) is 0 Å². The number of carbonyl (C=O) groups is 1. The van der Waals surface area contributed by atoms with Gasteiger partial charge in [-0.25, -0.2) is 9.97 Å². The number of aryl methyl sites for hydroxylation is 1. The minimum absolute atomic E-state index is 0.0528. The smallest absolute Gasteiger partial charge is 0.246 e. The summed E-state index contributed by atoms with van der Waals surface area (Å²) in [5, 5.41) is 12.0. The molecular weight excluding hydrogens is 414 g/mol. The van der Waals surface area contributed by atoms with Gasteiger partial charge in [-0.05, 0) is 67.8 Å². The van der Waals surface area contributed by atoms with E-state index < -0.39 is 0 Å². The van der Waals surface area contributed by atoms with Gasteiger partial charge in [-0.2, -0.15) is 0 Å². The number of benzene rings is 2. The fourth-order valence-corrected chi connectivity index (χ4v) is 3.98. The van der Waals surface area contributed by atoms with Crippen LogP contribution in [-0.4, -0.2) is 45.6 Å². The molecule has 0 aliphatic carbocycles. The fourth-order valence-electron chi connectivity index (χ4n) is 3.98. The molecule has 1 amide bonds. The van der Waals surface area contributed by atoms with E-state index in [4.69, 9.17) is 10.1 Å².